The first-order valence-electron chi connectivity index (χ1n) is 6.10. The van der Waals surface area contributed by atoms with Gasteiger partial charge in [-0.15, -0.1) is 0 Å². The van der Waals surface area contributed by atoms with Crippen LogP contribution in [0.25, 0.3) is 0 Å². The molecule has 0 fully saturated rings. The molecule has 0 aliphatic rings. The summed E-state index contributed by atoms with van der Waals surface area (Å²) in [5.74, 6) is -6.48. The first-order chi connectivity index (χ1) is 8.98. The van der Waals surface area contributed by atoms with Crippen molar-refractivity contribution in [2.45, 2.75) is 49.1 Å². The van der Waals surface area contributed by atoms with Gasteiger partial charge in [0.05, 0.1) is 0 Å². The normalized spacial score (nSPS) is 14.8. The third kappa shape index (κ3) is 2.85. The van der Waals surface area contributed by atoms with Crippen LogP contribution >= 0.6 is 0 Å². The third-order valence-electron chi connectivity index (χ3n) is 3.67. The van der Waals surface area contributed by atoms with Crippen molar-refractivity contribution < 1.29 is 37.7 Å². The van der Waals surface area contributed by atoms with Crippen LogP contribution in [0.4, 0.5) is 0 Å². The summed E-state index contributed by atoms with van der Waals surface area (Å²) in [6.45, 7) is 6.41. The average Bonchev–Trinajstić information content (AvgIpc) is 2.46. The van der Waals surface area contributed by atoms with E-state index in [1.165, 1.54) is 0 Å². The molecule has 0 rings (SSSR count). The van der Waals surface area contributed by atoms with Gasteiger partial charge >= 0.3 is 116 Å². The molecule has 0 heterocycles. The van der Waals surface area contributed by atoms with Crippen LogP contribution in [0.3, 0.4) is 0 Å². The Morgan fingerprint density at radius 1 is 0.850 bits per heavy atom. The van der Waals surface area contributed by atoms with Gasteiger partial charge in [-0.05, 0) is 0 Å². The molecule has 20 heavy (non-hydrogen) atoms. The van der Waals surface area contributed by atoms with E-state index in [9.17, 15) is 23.0 Å². The van der Waals surface area contributed by atoms with Gasteiger partial charge in [-0.3, -0.25) is 0 Å². The number of nitrogens with two attached hydrogens (primary N) is 1. The Kier molecular flexibility index (Phi) is 4.81. The molecule has 0 unspecified atom stereocenters. The molecule has 0 aliphatic carbocycles. The Morgan fingerprint density at radius 2 is 1.20 bits per heavy atom. The molecule has 0 aliphatic heterocycles. The molecule has 0 aromatic carbocycles. The molecule has 7 nitrogen and oxygen atoms in total. The summed E-state index contributed by atoms with van der Waals surface area (Å²) in [6.07, 6.45) is 0. The molecule has 0 spiro atoms. The van der Waals surface area contributed by atoms with E-state index in [1.54, 1.807) is 27.7 Å². The summed E-state index contributed by atoms with van der Waals surface area (Å²) in [6, 6.07) is 0. The molecule has 0 atom stereocenters. The number of ketones is 2. The predicted molar refractivity (Wildman–Crippen MR) is 67.9 cm³/mol. The minimum absolute atomic E-state index is 0.0524. The zero-order valence-corrected chi connectivity index (χ0v) is 13.2. The number of Topliss-reactive ketones (excluding diaryl/α,β-unsaturated/α-hetero) is 2. The van der Waals surface area contributed by atoms with E-state index >= 15 is 0 Å². The topological polar surface area (TPSA) is 121 Å². The van der Waals surface area contributed by atoms with Gasteiger partial charge in [0.25, 0.3) is 0 Å². The van der Waals surface area contributed by atoms with E-state index in [-0.39, 0.29) is 21.4 Å². The predicted octanol–water partition coefficient (Wildman–Crippen LogP) is 1.39. The summed E-state index contributed by atoms with van der Waals surface area (Å²) in [7, 11) is -4.73. The van der Waals surface area contributed by atoms with Crippen molar-refractivity contribution in [3.63, 3.8) is 0 Å². The van der Waals surface area contributed by atoms with Gasteiger partial charge < -0.3 is 0 Å². The second kappa shape index (κ2) is 5.17. The van der Waals surface area contributed by atoms with Crippen LogP contribution < -0.4 is 5.73 Å². The number of amides is 1. The first kappa shape index (κ1) is 18.6. The summed E-state index contributed by atoms with van der Waals surface area (Å²) in [5, 5.41) is 0.209. The zero-order valence-electron chi connectivity index (χ0n) is 12.2. The Bertz CT molecular complexity index is 519. The van der Waals surface area contributed by atoms with Crippen molar-refractivity contribution >= 4 is 23.4 Å². The van der Waals surface area contributed by atoms with Crippen LogP contribution in [0.2, 0.25) is 21.4 Å². The number of hydrogen-bond acceptors (Lipinski definition) is 6. The second-order valence-electron chi connectivity index (χ2n) is 4.15. The number of hydrogen-bond donors (Lipinski definition) is 1. The standard InChI is InChI=1S/C4H3NO5.4C2H5.Co.O/c5-3(8)1(6)2(7)4(9)10;4*1-2;;/h(H2,5,8)(H,9,10);4*1H2,2H3;;/q;;;;;+1;/p-1. The molecule has 8 heteroatoms. The van der Waals surface area contributed by atoms with Crippen molar-refractivity contribution in [1.29, 1.82) is 0 Å². The van der Waals surface area contributed by atoms with Crippen molar-refractivity contribution in [2.24, 2.45) is 5.73 Å². The maximum atomic E-state index is 13.5. The van der Waals surface area contributed by atoms with Crippen LogP contribution in [0.5, 0.6) is 0 Å². The van der Waals surface area contributed by atoms with E-state index in [4.69, 9.17) is 3.85 Å². The van der Waals surface area contributed by atoms with Crippen molar-refractivity contribution in [3.05, 3.63) is 0 Å². The Balaban J connectivity index is 5.73. The number of carbonyl (C=O) groups excluding carboxylic acids is 4. The fraction of sp³-hybridized carbons (Fsp3) is 0.667. The van der Waals surface area contributed by atoms with Gasteiger partial charge in [0, 0.05) is 0 Å². The van der Waals surface area contributed by atoms with Crippen molar-refractivity contribution in [3.8, 4) is 0 Å². The minimum atomic E-state index is -4.73. The van der Waals surface area contributed by atoms with Gasteiger partial charge in [0.1, 0.15) is 0 Å². The molecular weight excluding hydrogens is 313 g/mol. The molecular formula is C12H22CoNO6. The van der Waals surface area contributed by atoms with E-state index in [1.807, 2.05) is 0 Å². The van der Waals surface area contributed by atoms with E-state index in [0.29, 0.717) is 0 Å². The van der Waals surface area contributed by atoms with Crippen LogP contribution in [0.1, 0.15) is 27.7 Å². The Labute approximate surface area is 116 Å². The second-order valence-corrected chi connectivity index (χ2v) is 13.0. The molecule has 0 saturated heterocycles. The van der Waals surface area contributed by atoms with Crippen LogP contribution in [0.15, 0.2) is 0 Å². The number of rotatable bonds is 8. The summed E-state index contributed by atoms with van der Waals surface area (Å²) in [5.41, 5.74) is 4.65. The van der Waals surface area contributed by atoms with Crippen molar-refractivity contribution in [2.75, 3.05) is 0 Å². The fourth-order valence-corrected chi connectivity index (χ4v) is 6.07. The quantitative estimate of drug-likeness (QED) is 0.528. The molecule has 0 bridgehead atoms. The fourth-order valence-electron chi connectivity index (χ4n) is 1.63. The molecule has 0 saturated carbocycles. The van der Waals surface area contributed by atoms with Crippen LogP contribution in [-0.4, -0.2) is 23.4 Å². The number of carbonyl (C=O) groups is 4. The van der Waals surface area contributed by atoms with E-state index in [2.05, 4.69) is 5.73 Å². The summed E-state index contributed by atoms with van der Waals surface area (Å²) < 4.78 is 18.7. The summed E-state index contributed by atoms with van der Waals surface area (Å²) >= 11 is 0. The first-order valence-corrected chi connectivity index (χ1v) is 9.90. The van der Waals surface area contributed by atoms with Gasteiger partial charge in [-0.2, -0.15) is 0 Å². The Morgan fingerprint density at radius 3 is 1.45 bits per heavy atom. The third-order valence-corrected chi connectivity index (χ3v) is 13.2. The van der Waals surface area contributed by atoms with Gasteiger partial charge in [0.15, 0.2) is 0 Å². The monoisotopic (exact) mass is 335 g/mol. The van der Waals surface area contributed by atoms with E-state index < -0.39 is 34.2 Å². The van der Waals surface area contributed by atoms with Gasteiger partial charge in [-0.25, -0.2) is 0 Å². The molecule has 0 aromatic heterocycles. The van der Waals surface area contributed by atoms with Crippen LogP contribution in [0, 0.1) is 0 Å². The molecule has 120 valence electrons. The molecule has 0 aromatic rings. The molecule has 0 radical (unpaired) electrons. The van der Waals surface area contributed by atoms with Crippen LogP contribution in [-0.2, 0) is 37.7 Å². The van der Waals surface area contributed by atoms with E-state index in [0.717, 1.165) is 0 Å². The average molecular weight is 335 g/mol. The number of primary amides is 1. The molecule has 1 amide bonds. The van der Waals surface area contributed by atoms with Crippen molar-refractivity contribution in [1.82, 2.24) is 0 Å². The maximum absolute atomic E-state index is 13.5. The Hall–Kier alpha value is -1.41. The van der Waals surface area contributed by atoms with Gasteiger partial charge in [0.2, 0.25) is 0 Å². The SMILES string of the molecule is C[CH2][Co](=[O])([CH2]C)([CH2]C)([CH2]C)[O]C(=O)C(=O)C(=O)C(N)=O. The zero-order chi connectivity index (χ0) is 16.3. The van der Waals surface area contributed by atoms with Gasteiger partial charge in [-0.1, -0.05) is 0 Å². The molecule has 2 N–H and O–H groups in total. The summed E-state index contributed by atoms with van der Waals surface area (Å²) in [4.78, 5) is 45.0.